The van der Waals surface area contributed by atoms with Crippen molar-refractivity contribution in [1.82, 2.24) is 9.38 Å². The van der Waals surface area contributed by atoms with Gasteiger partial charge in [0.2, 0.25) is 0 Å². The number of aromatic nitrogens is 2. The van der Waals surface area contributed by atoms with E-state index >= 15 is 0 Å². The van der Waals surface area contributed by atoms with E-state index in [2.05, 4.69) is 4.98 Å². The number of pyridine rings is 1. The second-order valence-corrected chi connectivity index (χ2v) is 4.03. The molecule has 1 unspecified atom stereocenters. The highest BCUT2D eigenvalue weighted by molar-refractivity contribution is 5.46. The Morgan fingerprint density at radius 3 is 2.59 bits per heavy atom. The topological polar surface area (TPSA) is 43.3 Å². The van der Waals surface area contributed by atoms with Crippen molar-refractivity contribution in [2.75, 3.05) is 0 Å². The quantitative estimate of drug-likeness (QED) is 0.836. The van der Waals surface area contributed by atoms with Gasteiger partial charge in [0, 0.05) is 6.20 Å². The predicted molar refractivity (Wildman–Crippen MR) is 57.6 cm³/mol. The fraction of sp³-hybridized carbons (Fsp3) is 0.364. The lowest BCUT2D eigenvalue weighted by Crippen LogP contribution is -2.30. The van der Waals surface area contributed by atoms with Crippen molar-refractivity contribution in [1.29, 1.82) is 0 Å². The van der Waals surface area contributed by atoms with Gasteiger partial charge in [-0.25, -0.2) is 4.98 Å². The molecule has 2 heterocycles. The third kappa shape index (κ3) is 2.00. The molecule has 0 radical (unpaired) electrons. The van der Waals surface area contributed by atoms with E-state index in [1.807, 2.05) is 6.92 Å². The molecule has 0 saturated heterocycles. The first-order valence-corrected chi connectivity index (χ1v) is 5.08. The maximum absolute atomic E-state index is 12.6. The fourth-order valence-electron chi connectivity index (χ4n) is 1.81. The molecule has 0 aliphatic rings. The van der Waals surface area contributed by atoms with Crippen molar-refractivity contribution in [2.45, 2.75) is 26.1 Å². The third-order valence-corrected chi connectivity index (χ3v) is 2.65. The first-order valence-electron chi connectivity index (χ1n) is 5.08. The van der Waals surface area contributed by atoms with Crippen LogP contribution in [0.4, 0.5) is 13.2 Å². The van der Waals surface area contributed by atoms with Gasteiger partial charge in [0.05, 0.1) is 11.4 Å². The van der Waals surface area contributed by atoms with Crippen LogP contribution < -0.4 is 5.73 Å². The van der Waals surface area contributed by atoms with Crippen LogP contribution in [0.5, 0.6) is 0 Å². The molecule has 0 fully saturated rings. The Labute approximate surface area is 96.1 Å². The van der Waals surface area contributed by atoms with Gasteiger partial charge in [0.1, 0.15) is 11.7 Å². The van der Waals surface area contributed by atoms with Crippen LogP contribution in [0.1, 0.15) is 23.0 Å². The Morgan fingerprint density at radius 1 is 1.35 bits per heavy atom. The number of hydrogen-bond donors (Lipinski definition) is 1. The lowest BCUT2D eigenvalue weighted by molar-refractivity contribution is -0.150. The molecule has 0 aliphatic carbocycles. The van der Waals surface area contributed by atoms with Crippen LogP contribution in [0.2, 0.25) is 0 Å². The van der Waals surface area contributed by atoms with Gasteiger partial charge in [-0.1, -0.05) is 0 Å². The van der Waals surface area contributed by atoms with Gasteiger partial charge in [-0.15, -0.1) is 0 Å². The van der Waals surface area contributed by atoms with E-state index in [0.717, 1.165) is 5.56 Å². The van der Waals surface area contributed by atoms with Gasteiger partial charge in [0.25, 0.3) is 0 Å². The number of nitrogens with zero attached hydrogens (tertiary/aromatic N) is 2. The Balaban J connectivity index is 2.65. The number of fused-ring (bicyclic) bond motifs is 1. The summed E-state index contributed by atoms with van der Waals surface area (Å²) >= 11 is 0. The largest absolute Gasteiger partial charge is 0.409 e. The van der Waals surface area contributed by atoms with Gasteiger partial charge in [-0.2, -0.15) is 13.2 Å². The molecular formula is C11H12F3N3. The molecule has 2 rings (SSSR count). The molecule has 17 heavy (non-hydrogen) atoms. The molecule has 6 heteroatoms. The standard InChI is InChI=1S/C11H12F3N3/c1-6-3-4-17-8(5-6)16-7(2)9(17)10(15)11(12,13)14/h3-5,10H,15H2,1-2H3. The summed E-state index contributed by atoms with van der Waals surface area (Å²) in [6.07, 6.45) is -2.91. The summed E-state index contributed by atoms with van der Waals surface area (Å²) in [6.45, 7) is 3.39. The van der Waals surface area contributed by atoms with Crippen LogP contribution in [0, 0.1) is 13.8 Å². The lowest BCUT2D eigenvalue weighted by Gasteiger charge is -2.16. The molecule has 3 nitrogen and oxygen atoms in total. The van der Waals surface area contributed by atoms with Crippen molar-refractivity contribution >= 4 is 5.65 Å². The molecule has 0 aromatic carbocycles. The molecule has 2 N–H and O–H groups in total. The average molecular weight is 243 g/mol. The van der Waals surface area contributed by atoms with Gasteiger partial charge < -0.3 is 10.1 Å². The summed E-state index contributed by atoms with van der Waals surface area (Å²) in [4.78, 5) is 4.09. The molecule has 0 amide bonds. The van der Waals surface area contributed by atoms with E-state index in [0.29, 0.717) is 11.3 Å². The number of rotatable bonds is 1. The lowest BCUT2D eigenvalue weighted by atomic mass is 10.2. The smallest absolute Gasteiger partial charge is 0.315 e. The van der Waals surface area contributed by atoms with Crippen LogP contribution in [0.25, 0.3) is 5.65 Å². The second kappa shape index (κ2) is 3.73. The van der Waals surface area contributed by atoms with E-state index in [1.54, 1.807) is 18.3 Å². The van der Waals surface area contributed by atoms with Crippen molar-refractivity contribution in [3.8, 4) is 0 Å². The van der Waals surface area contributed by atoms with E-state index in [4.69, 9.17) is 5.73 Å². The zero-order valence-corrected chi connectivity index (χ0v) is 9.42. The van der Waals surface area contributed by atoms with Crippen molar-refractivity contribution in [2.24, 2.45) is 5.73 Å². The summed E-state index contributed by atoms with van der Waals surface area (Å²) < 4.78 is 39.3. The number of halogens is 3. The SMILES string of the molecule is Cc1ccn2c(C(N)C(F)(F)F)c(C)nc2c1. The van der Waals surface area contributed by atoms with Gasteiger partial charge in [-0.3, -0.25) is 0 Å². The minimum atomic E-state index is -4.47. The summed E-state index contributed by atoms with van der Waals surface area (Å²) in [6, 6.07) is 1.43. The molecule has 1 atom stereocenters. The molecule has 0 aliphatic heterocycles. The number of alkyl halides is 3. The van der Waals surface area contributed by atoms with E-state index in [9.17, 15) is 13.2 Å². The van der Waals surface area contributed by atoms with Crippen LogP contribution in [0.3, 0.4) is 0 Å². The Kier molecular flexibility index (Phi) is 2.61. The fourth-order valence-corrected chi connectivity index (χ4v) is 1.81. The maximum Gasteiger partial charge on any atom is 0.409 e. The van der Waals surface area contributed by atoms with Gasteiger partial charge in [0.15, 0.2) is 0 Å². The molecule has 0 saturated carbocycles. The van der Waals surface area contributed by atoms with E-state index in [1.165, 1.54) is 11.3 Å². The summed E-state index contributed by atoms with van der Waals surface area (Å²) in [5, 5.41) is 0. The highest BCUT2D eigenvalue weighted by Gasteiger charge is 2.40. The van der Waals surface area contributed by atoms with Crippen LogP contribution >= 0.6 is 0 Å². The van der Waals surface area contributed by atoms with E-state index in [-0.39, 0.29) is 5.69 Å². The van der Waals surface area contributed by atoms with Crippen molar-refractivity contribution in [3.05, 3.63) is 35.3 Å². The Bertz CT molecular complexity index is 557. The number of hydrogen-bond acceptors (Lipinski definition) is 2. The Morgan fingerprint density at radius 2 is 2.00 bits per heavy atom. The third-order valence-electron chi connectivity index (χ3n) is 2.65. The second-order valence-electron chi connectivity index (χ2n) is 4.03. The zero-order valence-electron chi connectivity index (χ0n) is 9.42. The van der Waals surface area contributed by atoms with Gasteiger partial charge >= 0.3 is 6.18 Å². The van der Waals surface area contributed by atoms with Crippen LogP contribution in [0.15, 0.2) is 18.3 Å². The summed E-state index contributed by atoms with van der Waals surface area (Å²) in [5.74, 6) is 0. The van der Waals surface area contributed by atoms with E-state index < -0.39 is 12.2 Å². The number of nitrogens with two attached hydrogens (primary N) is 1. The molecule has 2 aromatic heterocycles. The summed E-state index contributed by atoms with van der Waals surface area (Å²) in [7, 11) is 0. The predicted octanol–water partition coefficient (Wildman–Crippen LogP) is 2.51. The molecular weight excluding hydrogens is 231 g/mol. The normalized spacial score (nSPS) is 14.2. The number of imidazole rings is 1. The highest BCUT2D eigenvalue weighted by atomic mass is 19.4. The zero-order chi connectivity index (χ0) is 12.8. The molecule has 0 bridgehead atoms. The summed E-state index contributed by atoms with van der Waals surface area (Å²) in [5.41, 5.74) is 6.96. The Hall–Kier alpha value is -1.56. The maximum atomic E-state index is 12.6. The minimum Gasteiger partial charge on any atom is -0.315 e. The molecule has 2 aromatic rings. The first-order chi connectivity index (χ1) is 7.80. The number of aryl methyl sites for hydroxylation is 2. The van der Waals surface area contributed by atoms with Crippen molar-refractivity contribution < 1.29 is 13.2 Å². The minimum absolute atomic E-state index is 0.00694. The monoisotopic (exact) mass is 243 g/mol. The van der Waals surface area contributed by atoms with Crippen LogP contribution in [-0.2, 0) is 0 Å². The average Bonchev–Trinajstić information content (AvgIpc) is 2.50. The molecule has 92 valence electrons. The van der Waals surface area contributed by atoms with Crippen LogP contribution in [-0.4, -0.2) is 15.6 Å². The molecule has 0 spiro atoms. The van der Waals surface area contributed by atoms with Crippen molar-refractivity contribution in [3.63, 3.8) is 0 Å². The highest BCUT2D eigenvalue weighted by Crippen LogP contribution is 2.32. The van der Waals surface area contributed by atoms with Gasteiger partial charge in [-0.05, 0) is 31.5 Å². The first kappa shape index (κ1) is 11.9.